The Morgan fingerprint density at radius 2 is 1.63 bits per heavy atom. The second kappa shape index (κ2) is 14.8. The van der Waals surface area contributed by atoms with E-state index in [-0.39, 0.29) is 18.3 Å². The summed E-state index contributed by atoms with van der Waals surface area (Å²) in [5.74, 6) is 0.0522. The van der Waals surface area contributed by atoms with Crippen molar-refractivity contribution in [2.45, 2.75) is 64.4 Å². The molecule has 5 heteroatoms. The molecule has 0 fully saturated rings. The van der Waals surface area contributed by atoms with Crippen LogP contribution in [0.2, 0.25) is 0 Å². The van der Waals surface area contributed by atoms with Crippen LogP contribution in [0.15, 0.2) is 53.5 Å². The number of hydrogen-bond donors (Lipinski definition) is 1. The average molecular weight is 474 g/mol. The van der Waals surface area contributed by atoms with E-state index >= 15 is 0 Å². The highest BCUT2D eigenvalue weighted by molar-refractivity contribution is 9.09. The molecule has 0 unspecified atom stereocenters. The Morgan fingerprint density at radius 3 is 2.37 bits per heavy atom. The van der Waals surface area contributed by atoms with Crippen molar-refractivity contribution in [1.29, 1.82) is 0 Å². The van der Waals surface area contributed by atoms with Crippen LogP contribution in [0, 0.1) is 0 Å². The molecule has 0 radical (unpaired) electrons. The van der Waals surface area contributed by atoms with Crippen LogP contribution in [0.1, 0.15) is 68.9 Å². The van der Waals surface area contributed by atoms with E-state index in [1.807, 2.05) is 30.3 Å². The lowest BCUT2D eigenvalue weighted by atomic mass is 10.1. The van der Waals surface area contributed by atoms with Gasteiger partial charge in [0.05, 0.1) is 5.69 Å². The van der Waals surface area contributed by atoms with Gasteiger partial charge in [-0.1, -0.05) is 78.7 Å². The minimum atomic E-state index is -0.143. The van der Waals surface area contributed by atoms with Crippen molar-refractivity contribution >= 4 is 33.8 Å². The molecule has 0 spiro atoms. The summed E-state index contributed by atoms with van der Waals surface area (Å²) in [7, 11) is 0. The molecule has 0 aliphatic heterocycles. The molecular weight excluding hydrogens is 442 g/mol. The Balaban J connectivity index is 1.64. The van der Waals surface area contributed by atoms with Crippen LogP contribution in [0.25, 0.3) is 0 Å². The molecule has 0 amide bonds. The fourth-order valence-corrected chi connectivity index (χ4v) is 3.52. The first-order chi connectivity index (χ1) is 14.7. The summed E-state index contributed by atoms with van der Waals surface area (Å²) >= 11 is 3.46. The second-order valence-corrected chi connectivity index (χ2v) is 8.21. The molecule has 0 aliphatic carbocycles. The summed E-state index contributed by atoms with van der Waals surface area (Å²) in [5, 5.41) is 10.9. The molecule has 0 saturated heterocycles. The van der Waals surface area contributed by atoms with Gasteiger partial charge in [-0.25, -0.2) is 0 Å². The normalized spacial score (nSPS) is 11.1. The second-order valence-electron chi connectivity index (χ2n) is 7.42. The van der Waals surface area contributed by atoms with Gasteiger partial charge in [0.2, 0.25) is 0 Å². The first kappa shape index (κ1) is 24.1. The van der Waals surface area contributed by atoms with Crippen LogP contribution < -0.4 is 0 Å². The Labute approximate surface area is 188 Å². The predicted octanol–water partition coefficient (Wildman–Crippen LogP) is 7.09. The van der Waals surface area contributed by atoms with E-state index < -0.39 is 0 Å². The van der Waals surface area contributed by atoms with Crippen LogP contribution in [-0.2, 0) is 16.1 Å². The maximum Gasteiger partial charge on any atom is 0.306 e. The van der Waals surface area contributed by atoms with E-state index in [2.05, 4.69) is 20.9 Å². The number of carbonyl (C=O) groups is 1. The fraction of sp³-hybridized carbons (Fsp3) is 0.440. The summed E-state index contributed by atoms with van der Waals surface area (Å²) in [6.07, 6.45) is 11.7. The first-order valence-corrected chi connectivity index (χ1v) is 11.9. The highest BCUT2D eigenvalue weighted by atomic mass is 79.9. The fourth-order valence-electron chi connectivity index (χ4n) is 3.13. The Morgan fingerprint density at radius 1 is 0.933 bits per heavy atom. The Bertz CT molecular complexity index is 791. The van der Waals surface area contributed by atoms with Gasteiger partial charge in [0.1, 0.15) is 12.4 Å². The monoisotopic (exact) mass is 473 g/mol. The smallest absolute Gasteiger partial charge is 0.306 e. The molecule has 0 aliphatic rings. The van der Waals surface area contributed by atoms with E-state index in [0.29, 0.717) is 12.0 Å². The number of hydrogen-bond acceptors (Lipinski definition) is 4. The molecule has 2 aromatic carbocycles. The number of phenols is 1. The van der Waals surface area contributed by atoms with E-state index in [1.165, 1.54) is 38.5 Å². The first-order valence-electron chi connectivity index (χ1n) is 10.8. The van der Waals surface area contributed by atoms with Gasteiger partial charge in [-0.2, -0.15) is 0 Å². The van der Waals surface area contributed by atoms with E-state index in [4.69, 9.17) is 4.74 Å². The standard InChI is InChI=1S/C25H32BrNO3/c26-17-10-6-4-2-1-3-5-7-16-25(29)30-20-21-12-11-14-23(18-21)27-19-22-13-8-9-15-24(22)28/h8-9,11-15,18-19,28H,1-7,10,16-17,20H2. The van der Waals surface area contributed by atoms with Crippen LogP contribution >= 0.6 is 15.9 Å². The number of unbranched alkanes of at least 4 members (excludes halogenated alkanes) is 7. The van der Waals surface area contributed by atoms with Crippen molar-refractivity contribution < 1.29 is 14.6 Å². The van der Waals surface area contributed by atoms with Gasteiger partial charge >= 0.3 is 5.97 Å². The quantitative estimate of drug-likeness (QED) is 0.138. The third kappa shape index (κ3) is 10.1. The zero-order valence-electron chi connectivity index (χ0n) is 17.6. The molecule has 0 atom stereocenters. The van der Waals surface area contributed by atoms with Gasteiger partial charge in [0.25, 0.3) is 0 Å². The van der Waals surface area contributed by atoms with Gasteiger partial charge in [-0.05, 0) is 42.7 Å². The minimum Gasteiger partial charge on any atom is -0.507 e. The molecule has 2 rings (SSSR count). The summed E-state index contributed by atoms with van der Waals surface area (Å²) in [6.45, 7) is 0.256. The summed E-state index contributed by atoms with van der Waals surface area (Å²) in [5.41, 5.74) is 2.31. The Kier molecular flexibility index (Phi) is 11.9. The minimum absolute atomic E-state index is 0.143. The van der Waals surface area contributed by atoms with Crippen LogP contribution in [-0.4, -0.2) is 22.6 Å². The van der Waals surface area contributed by atoms with Crippen molar-refractivity contribution in [2.75, 3.05) is 5.33 Å². The molecule has 4 nitrogen and oxygen atoms in total. The van der Waals surface area contributed by atoms with Crippen molar-refractivity contribution in [3.63, 3.8) is 0 Å². The maximum absolute atomic E-state index is 12.0. The third-order valence-corrected chi connectivity index (χ3v) is 5.43. The molecular formula is C25H32BrNO3. The van der Waals surface area contributed by atoms with Crippen molar-refractivity contribution in [3.05, 3.63) is 59.7 Å². The lowest BCUT2D eigenvalue weighted by Gasteiger charge is -2.06. The number of halogens is 1. The maximum atomic E-state index is 12.0. The number of rotatable bonds is 14. The third-order valence-electron chi connectivity index (χ3n) is 4.86. The van der Waals surface area contributed by atoms with Crippen molar-refractivity contribution in [3.8, 4) is 5.75 Å². The summed E-state index contributed by atoms with van der Waals surface area (Å²) < 4.78 is 5.40. The summed E-state index contributed by atoms with van der Waals surface area (Å²) in [4.78, 5) is 16.4. The van der Waals surface area contributed by atoms with Crippen LogP contribution in [0.4, 0.5) is 5.69 Å². The van der Waals surface area contributed by atoms with E-state index in [9.17, 15) is 9.90 Å². The van der Waals surface area contributed by atoms with Gasteiger partial charge in [0.15, 0.2) is 0 Å². The summed E-state index contributed by atoms with van der Waals surface area (Å²) in [6, 6.07) is 14.6. The van der Waals surface area contributed by atoms with Crippen LogP contribution in [0.5, 0.6) is 5.75 Å². The lowest BCUT2D eigenvalue weighted by molar-refractivity contribution is -0.145. The number of nitrogens with zero attached hydrogens (tertiary/aromatic N) is 1. The number of ether oxygens (including phenoxy) is 1. The van der Waals surface area contributed by atoms with Gasteiger partial charge in [-0.15, -0.1) is 0 Å². The number of carbonyl (C=O) groups excluding carboxylic acids is 1. The Hall–Kier alpha value is -2.14. The lowest BCUT2D eigenvalue weighted by Crippen LogP contribution is -2.04. The molecule has 0 heterocycles. The predicted molar refractivity (Wildman–Crippen MR) is 127 cm³/mol. The van der Waals surface area contributed by atoms with E-state index in [1.54, 1.807) is 24.4 Å². The van der Waals surface area contributed by atoms with E-state index in [0.717, 1.165) is 29.4 Å². The molecule has 0 saturated carbocycles. The number of aromatic hydroxyl groups is 1. The highest BCUT2D eigenvalue weighted by Gasteiger charge is 2.04. The number of para-hydroxylation sites is 1. The van der Waals surface area contributed by atoms with Gasteiger partial charge in [0, 0.05) is 23.5 Å². The van der Waals surface area contributed by atoms with Crippen molar-refractivity contribution in [1.82, 2.24) is 0 Å². The molecule has 30 heavy (non-hydrogen) atoms. The zero-order chi connectivity index (χ0) is 21.4. The van der Waals surface area contributed by atoms with Crippen molar-refractivity contribution in [2.24, 2.45) is 4.99 Å². The number of esters is 1. The molecule has 0 bridgehead atoms. The van der Waals surface area contributed by atoms with Gasteiger partial charge in [-0.3, -0.25) is 9.79 Å². The number of aliphatic imine (C=N–C) groups is 1. The molecule has 2 aromatic rings. The number of phenolic OH excluding ortho intramolecular Hbond substituents is 1. The topological polar surface area (TPSA) is 58.9 Å². The molecule has 0 aromatic heterocycles. The zero-order valence-corrected chi connectivity index (χ0v) is 19.1. The number of alkyl halides is 1. The SMILES string of the molecule is O=C(CCCCCCCCCCBr)OCc1cccc(N=Cc2ccccc2O)c1. The molecule has 1 N–H and O–H groups in total. The molecule has 162 valence electrons. The largest absolute Gasteiger partial charge is 0.507 e. The number of benzene rings is 2. The van der Waals surface area contributed by atoms with Crippen LogP contribution in [0.3, 0.4) is 0 Å². The van der Waals surface area contributed by atoms with Gasteiger partial charge < -0.3 is 9.84 Å². The highest BCUT2D eigenvalue weighted by Crippen LogP contribution is 2.18. The average Bonchev–Trinajstić information content (AvgIpc) is 2.76.